The largest absolute Gasteiger partial charge is 0.478 e. The van der Waals surface area contributed by atoms with Crippen LogP contribution in [0.2, 0.25) is 0 Å². The molecule has 164 valence electrons. The van der Waals surface area contributed by atoms with Gasteiger partial charge in [-0.05, 0) is 55.5 Å². The van der Waals surface area contributed by atoms with Crippen molar-refractivity contribution in [2.24, 2.45) is 5.14 Å². The number of nitrogens with one attached hydrogen (secondary N) is 2. The van der Waals surface area contributed by atoms with Gasteiger partial charge in [-0.1, -0.05) is 18.2 Å². The van der Waals surface area contributed by atoms with E-state index in [1.165, 1.54) is 43.3 Å². The van der Waals surface area contributed by atoms with Crippen molar-refractivity contribution in [1.82, 2.24) is 0 Å². The van der Waals surface area contributed by atoms with E-state index < -0.39 is 21.9 Å². The SMILES string of the molecule is CC(=N)/C(=C\c1ccc(-c2ccccc2C(=O)O)o1)C(=O)Nc1ccc(S(N)(=O)=O)cc1. The summed E-state index contributed by atoms with van der Waals surface area (Å²) in [6.45, 7) is 1.43. The topological polar surface area (TPSA) is 164 Å². The second kappa shape index (κ2) is 9.00. The quantitative estimate of drug-likeness (QED) is 0.316. The normalized spacial score (nSPS) is 11.8. The molecule has 1 amide bonds. The Morgan fingerprint density at radius 3 is 2.31 bits per heavy atom. The number of sulfonamides is 1. The van der Waals surface area contributed by atoms with Crippen molar-refractivity contribution >= 4 is 39.4 Å². The molecular formula is C22H19N3O6S. The first kappa shape index (κ1) is 22.7. The standard InChI is InChI=1S/C22H19N3O6S/c1-13(23)19(21(26)25-14-6-9-16(10-7-14)32(24,29)30)12-15-8-11-20(31-15)17-4-2-3-5-18(17)22(27)28/h2-12,23H,1H3,(H,25,26)(H,27,28)(H2,24,29,30)/b19-12+,23-13?. The Hall–Kier alpha value is -4.02. The maximum atomic E-state index is 12.7. The number of hydrogen-bond acceptors (Lipinski definition) is 6. The fourth-order valence-corrected chi connectivity index (χ4v) is 3.39. The summed E-state index contributed by atoms with van der Waals surface area (Å²) in [4.78, 5) is 24.0. The van der Waals surface area contributed by atoms with Gasteiger partial charge in [0.1, 0.15) is 11.5 Å². The number of aromatic carboxylic acids is 1. The van der Waals surface area contributed by atoms with Crippen LogP contribution in [0.25, 0.3) is 17.4 Å². The molecule has 3 aromatic rings. The predicted octanol–water partition coefficient (Wildman–Crippen LogP) is 3.35. The lowest BCUT2D eigenvalue weighted by molar-refractivity contribution is -0.112. The molecule has 0 aliphatic rings. The number of carbonyl (C=O) groups excluding carboxylic acids is 1. The average molecular weight is 453 g/mol. The number of primary sulfonamides is 1. The van der Waals surface area contributed by atoms with Crippen LogP contribution in [0.3, 0.4) is 0 Å². The third kappa shape index (κ3) is 5.17. The van der Waals surface area contributed by atoms with Crippen molar-refractivity contribution in [3.8, 4) is 11.3 Å². The molecule has 0 atom stereocenters. The summed E-state index contributed by atoms with van der Waals surface area (Å²) in [6, 6.07) is 14.8. The summed E-state index contributed by atoms with van der Waals surface area (Å²) in [5.74, 6) is -1.15. The molecule has 0 spiro atoms. The fraction of sp³-hybridized carbons (Fsp3) is 0.0455. The summed E-state index contributed by atoms with van der Waals surface area (Å²) in [6.07, 6.45) is 1.36. The summed E-state index contributed by atoms with van der Waals surface area (Å²) in [5.41, 5.74) is 0.735. The number of hydrogen-bond donors (Lipinski definition) is 4. The number of furan rings is 1. The highest BCUT2D eigenvalue weighted by molar-refractivity contribution is 7.89. The van der Waals surface area contributed by atoms with Crippen LogP contribution < -0.4 is 10.5 Å². The lowest BCUT2D eigenvalue weighted by Gasteiger charge is -2.08. The van der Waals surface area contributed by atoms with Crippen LogP contribution in [0.1, 0.15) is 23.0 Å². The molecule has 9 nitrogen and oxygen atoms in total. The lowest BCUT2D eigenvalue weighted by Crippen LogP contribution is -2.18. The minimum absolute atomic E-state index is 0.00735. The van der Waals surface area contributed by atoms with Gasteiger partial charge in [0.05, 0.1) is 16.0 Å². The number of carbonyl (C=O) groups is 2. The van der Waals surface area contributed by atoms with E-state index in [-0.39, 0.29) is 27.5 Å². The number of nitrogens with two attached hydrogens (primary N) is 1. The minimum atomic E-state index is -3.85. The average Bonchev–Trinajstić information content (AvgIpc) is 3.20. The molecule has 0 aliphatic heterocycles. The first-order chi connectivity index (χ1) is 15.1. The van der Waals surface area contributed by atoms with E-state index in [9.17, 15) is 23.1 Å². The fourth-order valence-electron chi connectivity index (χ4n) is 2.87. The van der Waals surface area contributed by atoms with E-state index in [1.807, 2.05) is 0 Å². The van der Waals surface area contributed by atoms with Gasteiger partial charge in [0.25, 0.3) is 5.91 Å². The Labute approximate surface area is 183 Å². The zero-order valence-corrected chi connectivity index (χ0v) is 17.6. The Kier molecular flexibility index (Phi) is 6.37. The summed E-state index contributed by atoms with van der Waals surface area (Å²) >= 11 is 0. The molecule has 1 heterocycles. The molecule has 5 N–H and O–H groups in total. The second-order valence-corrected chi connectivity index (χ2v) is 8.32. The zero-order valence-electron chi connectivity index (χ0n) is 16.8. The van der Waals surface area contributed by atoms with Crippen LogP contribution in [0.4, 0.5) is 5.69 Å². The first-order valence-corrected chi connectivity index (χ1v) is 10.7. The van der Waals surface area contributed by atoms with Crippen LogP contribution in [-0.2, 0) is 14.8 Å². The smallest absolute Gasteiger partial charge is 0.336 e. The van der Waals surface area contributed by atoms with Crippen LogP contribution in [0, 0.1) is 5.41 Å². The van der Waals surface area contributed by atoms with Gasteiger partial charge in [-0.25, -0.2) is 18.4 Å². The maximum Gasteiger partial charge on any atom is 0.336 e. The van der Waals surface area contributed by atoms with Gasteiger partial charge < -0.3 is 20.2 Å². The van der Waals surface area contributed by atoms with E-state index >= 15 is 0 Å². The third-order valence-corrected chi connectivity index (χ3v) is 5.35. The molecule has 0 saturated heterocycles. The number of carboxylic acids is 1. The summed E-state index contributed by atoms with van der Waals surface area (Å²) in [5, 5.41) is 24.9. The minimum Gasteiger partial charge on any atom is -0.478 e. The molecular weight excluding hydrogens is 434 g/mol. The van der Waals surface area contributed by atoms with Gasteiger partial charge in [0.15, 0.2) is 0 Å². The number of carboxylic acid groups (broad SMARTS) is 1. The highest BCUT2D eigenvalue weighted by Gasteiger charge is 2.17. The molecule has 1 aromatic heterocycles. The Morgan fingerprint density at radius 1 is 1.06 bits per heavy atom. The first-order valence-electron chi connectivity index (χ1n) is 9.20. The van der Waals surface area contributed by atoms with Crippen molar-refractivity contribution in [1.29, 1.82) is 5.41 Å². The van der Waals surface area contributed by atoms with E-state index in [0.29, 0.717) is 17.0 Å². The van der Waals surface area contributed by atoms with Crippen molar-refractivity contribution in [3.05, 3.63) is 77.6 Å². The molecule has 0 fully saturated rings. The van der Waals surface area contributed by atoms with Gasteiger partial charge in [-0.2, -0.15) is 0 Å². The highest BCUT2D eigenvalue weighted by Crippen LogP contribution is 2.27. The van der Waals surface area contributed by atoms with Crippen LogP contribution in [0.5, 0.6) is 0 Å². The molecule has 10 heteroatoms. The molecule has 32 heavy (non-hydrogen) atoms. The van der Waals surface area contributed by atoms with Crippen LogP contribution >= 0.6 is 0 Å². The molecule has 2 aromatic carbocycles. The third-order valence-electron chi connectivity index (χ3n) is 4.43. The predicted molar refractivity (Wildman–Crippen MR) is 119 cm³/mol. The maximum absolute atomic E-state index is 12.7. The van der Waals surface area contributed by atoms with Gasteiger partial charge in [-0.3, -0.25) is 4.79 Å². The zero-order chi connectivity index (χ0) is 23.5. The Bertz CT molecular complexity index is 1340. The Balaban J connectivity index is 1.87. The summed E-state index contributed by atoms with van der Waals surface area (Å²) < 4.78 is 28.4. The van der Waals surface area contributed by atoms with E-state index in [1.54, 1.807) is 30.3 Å². The number of rotatable bonds is 7. The van der Waals surface area contributed by atoms with Gasteiger partial charge in [0.2, 0.25) is 10.0 Å². The van der Waals surface area contributed by atoms with Crippen molar-refractivity contribution in [2.45, 2.75) is 11.8 Å². The Morgan fingerprint density at radius 2 is 1.72 bits per heavy atom. The monoisotopic (exact) mass is 453 g/mol. The molecule has 0 unspecified atom stereocenters. The van der Waals surface area contributed by atoms with E-state index in [4.69, 9.17) is 15.0 Å². The van der Waals surface area contributed by atoms with Crippen molar-refractivity contribution < 1.29 is 27.5 Å². The van der Waals surface area contributed by atoms with Gasteiger partial charge in [-0.15, -0.1) is 0 Å². The van der Waals surface area contributed by atoms with Crippen LogP contribution in [0.15, 0.2) is 75.5 Å². The molecule has 0 saturated carbocycles. The lowest BCUT2D eigenvalue weighted by atomic mass is 10.1. The van der Waals surface area contributed by atoms with Crippen molar-refractivity contribution in [2.75, 3.05) is 5.32 Å². The molecule has 0 bridgehead atoms. The van der Waals surface area contributed by atoms with E-state index in [0.717, 1.165) is 0 Å². The number of anilines is 1. The van der Waals surface area contributed by atoms with Crippen molar-refractivity contribution in [3.63, 3.8) is 0 Å². The summed E-state index contributed by atoms with van der Waals surface area (Å²) in [7, 11) is -3.85. The molecule has 3 rings (SSSR count). The number of amides is 1. The van der Waals surface area contributed by atoms with Gasteiger partial charge >= 0.3 is 5.97 Å². The second-order valence-electron chi connectivity index (χ2n) is 6.76. The van der Waals surface area contributed by atoms with E-state index in [2.05, 4.69) is 5.32 Å². The molecule has 0 radical (unpaired) electrons. The van der Waals surface area contributed by atoms with Crippen LogP contribution in [-0.4, -0.2) is 31.1 Å². The van der Waals surface area contributed by atoms with Gasteiger partial charge in [0, 0.05) is 17.0 Å². The highest BCUT2D eigenvalue weighted by atomic mass is 32.2. The number of benzene rings is 2. The molecule has 0 aliphatic carbocycles.